The molecule has 0 radical (unpaired) electrons. The predicted molar refractivity (Wildman–Crippen MR) is 56.1 cm³/mol. The highest BCUT2D eigenvalue weighted by atomic mass is 32.1. The van der Waals surface area contributed by atoms with Gasteiger partial charge in [-0.15, -0.1) is 11.3 Å². The third-order valence-electron chi connectivity index (χ3n) is 1.61. The highest BCUT2D eigenvalue weighted by molar-refractivity contribution is 7.09. The number of rotatable bonds is 2. The number of hydrogen-bond acceptors (Lipinski definition) is 4. The van der Waals surface area contributed by atoms with E-state index in [1.807, 2.05) is 33.1 Å². The van der Waals surface area contributed by atoms with E-state index in [9.17, 15) is 4.79 Å². The molecule has 0 spiro atoms. The number of hydrogen-bond donors (Lipinski definition) is 0. The minimum absolute atomic E-state index is 0.189. The molecule has 1 aromatic heterocycles. The number of esters is 1. The van der Waals surface area contributed by atoms with Crippen LogP contribution in [0.25, 0.3) is 0 Å². The summed E-state index contributed by atoms with van der Waals surface area (Å²) in [6.07, 6.45) is 0. The van der Waals surface area contributed by atoms with E-state index in [0.717, 1.165) is 10.7 Å². The number of carbonyl (C=O) groups is 1. The molecule has 0 aliphatic heterocycles. The monoisotopic (exact) mass is 213 g/mol. The lowest BCUT2D eigenvalue weighted by Gasteiger charge is -2.15. The summed E-state index contributed by atoms with van der Waals surface area (Å²) in [5, 5.41) is 2.79. The molecule has 3 nitrogen and oxygen atoms in total. The lowest BCUT2D eigenvalue weighted by atomic mass is 9.97. The molecule has 4 heteroatoms. The molecule has 0 amide bonds. The van der Waals surface area contributed by atoms with E-state index in [1.165, 1.54) is 11.3 Å². The summed E-state index contributed by atoms with van der Waals surface area (Å²) in [6.45, 7) is 7.72. The van der Waals surface area contributed by atoms with Gasteiger partial charge in [-0.3, -0.25) is 4.79 Å². The molecular weight excluding hydrogens is 198 g/mol. The Morgan fingerprint density at radius 3 is 2.64 bits per heavy atom. The lowest BCUT2D eigenvalue weighted by Crippen LogP contribution is -2.22. The maximum atomic E-state index is 11.4. The van der Waals surface area contributed by atoms with Crippen LogP contribution in [0.1, 0.15) is 31.5 Å². The van der Waals surface area contributed by atoms with Gasteiger partial charge in [0.1, 0.15) is 11.6 Å². The highest BCUT2D eigenvalue weighted by Crippen LogP contribution is 2.17. The zero-order valence-corrected chi connectivity index (χ0v) is 9.77. The van der Waals surface area contributed by atoms with Crippen molar-refractivity contribution in [1.29, 1.82) is 0 Å². The topological polar surface area (TPSA) is 39.2 Å². The van der Waals surface area contributed by atoms with Gasteiger partial charge >= 0.3 is 5.97 Å². The Morgan fingerprint density at radius 1 is 1.57 bits per heavy atom. The second-order valence-corrected chi connectivity index (χ2v) is 5.15. The van der Waals surface area contributed by atoms with Gasteiger partial charge < -0.3 is 4.74 Å². The molecule has 1 rings (SSSR count). The minimum Gasteiger partial charge on any atom is -0.458 e. The SMILES string of the molecule is Cc1csc(COC(=O)C(C)(C)C)n1. The molecule has 0 atom stereocenters. The van der Waals surface area contributed by atoms with Gasteiger partial charge in [0, 0.05) is 11.1 Å². The van der Waals surface area contributed by atoms with Gasteiger partial charge in [0.2, 0.25) is 0 Å². The number of ether oxygens (including phenoxy) is 1. The number of nitrogens with zero attached hydrogens (tertiary/aromatic N) is 1. The van der Waals surface area contributed by atoms with Gasteiger partial charge in [0.15, 0.2) is 0 Å². The average Bonchev–Trinajstić information content (AvgIpc) is 2.45. The molecular formula is C10H15NO2S. The average molecular weight is 213 g/mol. The molecule has 0 unspecified atom stereocenters. The van der Waals surface area contributed by atoms with Gasteiger partial charge in [-0.1, -0.05) is 0 Å². The summed E-state index contributed by atoms with van der Waals surface area (Å²) < 4.78 is 5.11. The minimum atomic E-state index is -0.438. The van der Waals surface area contributed by atoms with Crippen LogP contribution in [-0.2, 0) is 16.1 Å². The normalized spacial score (nSPS) is 11.4. The second kappa shape index (κ2) is 4.09. The van der Waals surface area contributed by atoms with E-state index in [1.54, 1.807) is 0 Å². The molecule has 0 aliphatic rings. The smallest absolute Gasteiger partial charge is 0.311 e. The Balaban J connectivity index is 2.46. The first-order chi connectivity index (χ1) is 6.39. The number of carbonyl (C=O) groups excluding carboxylic acids is 1. The summed E-state index contributed by atoms with van der Waals surface area (Å²) in [6, 6.07) is 0. The molecule has 0 N–H and O–H groups in total. The largest absolute Gasteiger partial charge is 0.458 e. The third kappa shape index (κ3) is 3.10. The van der Waals surface area contributed by atoms with Gasteiger partial charge in [-0.25, -0.2) is 4.98 Å². The van der Waals surface area contributed by atoms with E-state index in [4.69, 9.17) is 4.74 Å². The maximum absolute atomic E-state index is 11.4. The van der Waals surface area contributed by atoms with Gasteiger partial charge in [-0.05, 0) is 27.7 Å². The van der Waals surface area contributed by atoms with Crippen LogP contribution in [0.15, 0.2) is 5.38 Å². The van der Waals surface area contributed by atoms with Crippen LogP contribution in [0.3, 0.4) is 0 Å². The van der Waals surface area contributed by atoms with Crippen LogP contribution in [0, 0.1) is 12.3 Å². The quantitative estimate of drug-likeness (QED) is 0.709. The summed E-state index contributed by atoms with van der Waals surface area (Å²) in [5.74, 6) is -0.189. The summed E-state index contributed by atoms with van der Waals surface area (Å²) in [5.41, 5.74) is 0.531. The molecule has 0 bridgehead atoms. The Morgan fingerprint density at radius 2 is 2.21 bits per heavy atom. The molecule has 0 saturated heterocycles. The van der Waals surface area contributed by atoms with Crippen molar-refractivity contribution in [1.82, 2.24) is 4.98 Å². The molecule has 0 saturated carbocycles. The number of aryl methyl sites for hydroxylation is 1. The summed E-state index contributed by atoms with van der Waals surface area (Å²) in [7, 11) is 0. The lowest BCUT2D eigenvalue weighted by molar-refractivity contribution is -0.154. The zero-order valence-electron chi connectivity index (χ0n) is 8.96. The van der Waals surface area contributed by atoms with Crippen molar-refractivity contribution in [3.05, 3.63) is 16.1 Å². The predicted octanol–water partition coefficient (Wildman–Crippen LogP) is 2.54. The highest BCUT2D eigenvalue weighted by Gasteiger charge is 2.23. The standard InChI is InChI=1S/C10H15NO2S/c1-7-6-14-8(11-7)5-13-9(12)10(2,3)4/h6H,5H2,1-4H3. The molecule has 78 valence electrons. The molecule has 14 heavy (non-hydrogen) atoms. The van der Waals surface area contributed by atoms with E-state index >= 15 is 0 Å². The van der Waals surface area contributed by atoms with Crippen molar-refractivity contribution in [3.8, 4) is 0 Å². The van der Waals surface area contributed by atoms with Crippen LogP contribution >= 0.6 is 11.3 Å². The Hall–Kier alpha value is -0.900. The van der Waals surface area contributed by atoms with Crippen LogP contribution < -0.4 is 0 Å². The van der Waals surface area contributed by atoms with Crippen molar-refractivity contribution >= 4 is 17.3 Å². The van der Waals surface area contributed by atoms with Crippen molar-refractivity contribution in [2.45, 2.75) is 34.3 Å². The Kier molecular flexibility index (Phi) is 3.26. The molecule has 1 heterocycles. The summed E-state index contributed by atoms with van der Waals surface area (Å²) >= 11 is 1.51. The molecule has 0 fully saturated rings. The fraction of sp³-hybridized carbons (Fsp3) is 0.600. The van der Waals surface area contributed by atoms with Crippen molar-refractivity contribution in [3.63, 3.8) is 0 Å². The van der Waals surface area contributed by atoms with Crippen LogP contribution in [0.5, 0.6) is 0 Å². The molecule has 0 aromatic carbocycles. The van der Waals surface area contributed by atoms with E-state index < -0.39 is 5.41 Å². The van der Waals surface area contributed by atoms with Crippen LogP contribution in [-0.4, -0.2) is 11.0 Å². The van der Waals surface area contributed by atoms with Gasteiger partial charge in [0.05, 0.1) is 5.41 Å². The third-order valence-corrected chi connectivity index (χ3v) is 2.55. The van der Waals surface area contributed by atoms with Crippen molar-refractivity contribution < 1.29 is 9.53 Å². The Labute approximate surface area is 88.1 Å². The van der Waals surface area contributed by atoms with E-state index in [0.29, 0.717) is 0 Å². The molecule has 1 aromatic rings. The summed E-state index contributed by atoms with van der Waals surface area (Å²) in [4.78, 5) is 15.6. The fourth-order valence-corrected chi connectivity index (χ4v) is 1.50. The van der Waals surface area contributed by atoms with Gasteiger partial charge in [0.25, 0.3) is 0 Å². The first-order valence-electron chi connectivity index (χ1n) is 4.48. The molecule has 0 aliphatic carbocycles. The Bertz CT molecular complexity index is 325. The number of aromatic nitrogens is 1. The van der Waals surface area contributed by atoms with Crippen LogP contribution in [0.4, 0.5) is 0 Å². The van der Waals surface area contributed by atoms with E-state index in [-0.39, 0.29) is 12.6 Å². The first-order valence-corrected chi connectivity index (χ1v) is 5.36. The maximum Gasteiger partial charge on any atom is 0.311 e. The zero-order chi connectivity index (χ0) is 10.8. The van der Waals surface area contributed by atoms with E-state index in [2.05, 4.69) is 4.98 Å². The van der Waals surface area contributed by atoms with Gasteiger partial charge in [-0.2, -0.15) is 0 Å². The van der Waals surface area contributed by atoms with Crippen molar-refractivity contribution in [2.24, 2.45) is 5.41 Å². The van der Waals surface area contributed by atoms with Crippen molar-refractivity contribution in [2.75, 3.05) is 0 Å². The number of thiazole rings is 1. The first kappa shape index (κ1) is 11.2. The fourth-order valence-electron chi connectivity index (χ4n) is 0.813. The van der Waals surface area contributed by atoms with Crippen LogP contribution in [0.2, 0.25) is 0 Å². The second-order valence-electron chi connectivity index (χ2n) is 4.21.